The number of hydrogen-bond donors (Lipinski definition) is 2. The van der Waals surface area contributed by atoms with Crippen LogP contribution in [0, 0.1) is 13.8 Å². The van der Waals surface area contributed by atoms with Gasteiger partial charge in [0, 0.05) is 32.6 Å². The summed E-state index contributed by atoms with van der Waals surface area (Å²) in [6, 6.07) is 0. The van der Waals surface area contributed by atoms with E-state index in [1.807, 2.05) is 13.8 Å². The highest BCUT2D eigenvalue weighted by Crippen LogP contribution is 2.24. The molecule has 100 valence electrons. The lowest BCUT2D eigenvalue weighted by Crippen LogP contribution is -2.42. The van der Waals surface area contributed by atoms with E-state index in [9.17, 15) is 5.11 Å². The van der Waals surface area contributed by atoms with E-state index in [2.05, 4.69) is 15.5 Å². The molecule has 1 aromatic heterocycles. The van der Waals surface area contributed by atoms with Gasteiger partial charge < -0.3 is 15.2 Å². The Morgan fingerprint density at radius 1 is 1.28 bits per heavy atom. The molecule has 0 aliphatic carbocycles. The van der Waals surface area contributed by atoms with Gasteiger partial charge in [0.15, 0.2) is 11.0 Å². The van der Waals surface area contributed by atoms with E-state index >= 15 is 0 Å². The fourth-order valence-electron chi connectivity index (χ4n) is 1.92. The number of nitrogens with zero attached hydrogens (tertiary/aromatic N) is 2. The molecule has 0 saturated carbocycles. The van der Waals surface area contributed by atoms with Gasteiger partial charge in [-0.2, -0.15) is 0 Å². The Morgan fingerprint density at radius 3 is 2.61 bits per heavy atom. The van der Waals surface area contributed by atoms with Crippen molar-refractivity contribution in [2.75, 3.05) is 25.1 Å². The van der Waals surface area contributed by atoms with Crippen LogP contribution >= 0.6 is 11.6 Å². The summed E-state index contributed by atoms with van der Waals surface area (Å²) in [5.41, 5.74) is 1.15. The Balaban J connectivity index is 2.04. The third kappa shape index (κ3) is 2.91. The van der Waals surface area contributed by atoms with Gasteiger partial charge in [-0.3, -0.25) is 0 Å². The van der Waals surface area contributed by atoms with Gasteiger partial charge in [-0.1, -0.05) is 11.6 Å². The predicted molar refractivity (Wildman–Crippen MR) is 70.0 cm³/mol. The second-order valence-corrected chi connectivity index (χ2v) is 5.14. The summed E-state index contributed by atoms with van der Waals surface area (Å²) >= 11 is 5.89. The summed E-state index contributed by atoms with van der Waals surface area (Å²) in [6.07, 6.45) is 1.28. The van der Waals surface area contributed by atoms with Crippen molar-refractivity contribution in [2.45, 2.75) is 32.3 Å². The quantitative estimate of drug-likeness (QED) is 0.876. The maximum atomic E-state index is 10.3. The number of nitrogens with one attached hydrogen (secondary N) is 1. The highest BCUT2D eigenvalue weighted by Gasteiger charge is 2.29. The third-order valence-corrected chi connectivity index (χ3v) is 3.83. The van der Waals surface area contributed by atoms with Gasteiger partial charge in [-0.15, -0.1) is 10.2 Å². The maximum absolute atomic E-state index is 10.3. The number of hydrogen-bond acceptors (Lipinski definition) is 5. The average molecular weight is 272 g/mol. The van der Waals surface area contributed by atoms with Gasteiger partial charge in [-0.25, -0.2) is 0 Å². The number of rotatable bonds is 3. The molecule has 0 radical (unpaired) electrons. The summed E-state index contributed by atoms with van der Waals surface area (Å²) in [4.78, 5) is 0. The summed E-state index contributed by atoms with van der Waals surface area (Å²) in [6.45, 7) is 5.49. The largest absolute Gasteiger partial charge is 0.388 e. The van der Waals surface area contributed by atoms with E-state index in [4.69, 9.17) is 16.3 Å². The Morgan fingerprint density at radius 2 is 1.94 bits per heavy atom. The van der Waals surface area contributed by atoms with Crippen molar-refractivity contribution >= 4 is 17.4 Å². The lowest BCUT2D eigenvalue weighted by atomic mass is 9.94. The van der Waals surface area contributed by atoms with Crippen molar-refractivity contribution in [1.82, 2.24) is 10.2 Å². The van der Waals surface area contributed by atoms with Crippen LogP contribution in [0.1, 0.15) is 24.0 Å². The molecule has 2 heterocycles. The molecule has 0 aromatic carbocycles. The topological polar surface area (TPSA) is 67.3 Å². The van der Waals surface area contributed by atoms with Crippen molar-refractivity contribution in [3.05, 3.63) is 16.3 Å². The molecular weight excluding hydrogens is 254 g/mol. The second kappa shape index (κ2) is 5.38. The molecule has 0 amide bonds. The average Bonchev–Trinajstić information content (AvgIpc) is 2.36. The lowest BCUT2D eigenvalue weighted by Gasteiger charge is -2.32. The minimum atomic E-state index is -0.722. The summed E-state index contributed by atoms with van der Waals surface area (Å²) in [7, 11) is 0. The SMILES string of the molecule is Cc1c(Cl)nnc(NCC2(O)CCOCC2)c1C. The molecule has 2 N–H and O–H groups in total. The van der Waals surface area contributed by atoms with Gasteiger partial charge in [0.2, 0.25) is 0 Å². The molecule has 1 fully saturated rings. The number of halogens is 1. The van der Waals surface area contributed by atoms with Crippen molar-refractivity contribution in [2.24, 2.45) is 0 Å². The summed E-state index contributed by atoms with van der Waals surface area (Å²) in [5.74, 6) is 0.678. The minimum absolute atomic E-state index is 0.419. The zero-order valence-corrected chi connectivity index (χ0v) is 11.4. The first-order valence-corrected chi connectivity index (χ1v) is 6.43. The van der Waals surface area contributed by atoms with E-state index in [1.165, 1.54) is 0 Å². The molecule has 0 bridgehead atoms. The smallest absolute Gasteiger partial charge is 0.155 e. The highest BCUT2D eigenvalue weighted by molar-refractivity contribution is 6.30. The molecule has 0 spiro atoms. The van der Waals surface area contributed by atoms with Crippen molar-refractivity contribution in [3.8, 4) is 0 Å². The predicted octanol–water partition coefficient (Wildman–Crippen LogP) is 1.70. The molecule has 6 heteroatoms. The lowest BCUT2D eigenvalue weighted by molar-refractivity contribution is -0.0543. The zero-order chi connectivity index (χ0) is 13.2. The molecule has 18 heavy (non-hydrogen) atoms. The first-order chi connectivity index (χ1) is 8.52. The fraction of sp³-hybridized carbons (Fsp3) is 0.667. The van der Waals surface area contributed by atoms with Crippen molar-refractivity contribution in [3.63, 3.8) is 0 Å². The van der Waals surface area contributed by atoms with Crippen molar-refractivity contribution in [1.29, 1.82) is 0 Å². The second-order valence-electron chi connectivity index (χ2n) is 4.78. The number of ether oxygens (including phenoxy) is 1. The summed E-state index contributed by atoms with van der Waals surface area (Å²) < 4.78 is 5.24. The van der Waals surface area contributed by atoms with Crippen LogP contribution in [0.15, 0.2) is 0 Å². The Labute approximate surface area is 112 Å². The van der Waals surface area contributed by atoms with Crippen LogP contribution in [0.4, 0.5) is 5.82 Å². The van der Waals surface area contributed by atoms with Crippen LogP contribution in [0.25, 0.3) is 0 Å². The van der Waals surface area contributed by atoms with E-state index in [0.717, 1.165) is 11.1 Å². The Hall–Kier alpha value is -0.910. The Bertz CT molecular complexity index is 434. The number of aliphatic hydroxyl groups is 1. The molecule has 1 aromatic rings. The molecular formula is C12H18ClN3O2. The molecule has 0 atom stereocenters. The van der Waals surface area contributed by atoms with Gasteiger partial charge in [0.05, 0.1) is 5.60 Å². The number of aromatic nitrogens is 2. The van der Waals surface area contributed by atoms with Crippen LogP contribution in [-0.4, -0.2) is 40.7 Å². The van der Waals surface area contributed by atoms with E-state index in [1.54, 1.807) is 0 Å². The molecule has 0 unspecified atom stereocenters. The summed E-state index contributed by atoms with van der Waals surface area (Å²) in [5, 5.41) is 21.8. The third-order valence-electron chi connectivity index (χ3n) is 3.47. The molecule has 1 saturated heterocycles. The van der Waals surface area contributed by atoms with E-state index in [-0.39, 0.29) is 0 Å². The molecule has 1 aliphatic rings. The van der Waals surface area contributed by atoms with Crippen molar-refractivity contribution < 1.29 is 9.84 Å². The van der Waals surface area contributed by atoms with Gasteiger partial charge >= 0.3 is 0 Å². The number of anilines is 1. The van der Waals surface area contributed by atoms with E-state index < -0.39 is 5.60 Å². The van der Waals surface area contributed by atoms with Crippen LogP contribution in [0.5, 0.6) is 0 Å². The monoisotopic (exact) mass is 271 g/mol. The van der Waals surface area contributed by atoms with E-state index in [0.29, 0.717) is 43.6 Å². The first kappa shape index (κ1) is 13.5. The highest BCUT2D eigenvalue weighted by atomic mass is 35.5. The zero-order valence-electron chi connectivity index (χ0n) is 10.7. The standard InChI is InChI=1S/C12H18ClN3O2/c1-8-9(2)11(16-15-10(8)13)14-7-12(17)3-5-18-6-4-12/h17H,3-7H2,1-2H3,(H,14,16). The van der Waals surface area contributed by atoms with Gasteiger partial charge in [-0.05, 0) is 25.0 Å². The van der Waals surface area contributed by atoms with Gasteiger partial charge in [0.1, 0.15) is 0 Å². The van der Waals surface area contributed by atoms with Crippen LogP contribution < -0.4 is 5.32 Å². The maximum Gasteiger partial charge on any atom is 0.155 e. The van der Waals surface area contributed by atoms with Crippen LogP contribution in [0.3, 0.4) is 0 Å². The minimum Gasteiger partial charge on any atom is -0.388 e. The fourth-order valence-corrected chi connectivity index (χ4v) is 2.10. The molecule has 2 rings (SSSR count). The first-order valence-electron chi connectivity index (χ1n) is 6.05. The van der Waals surface area contributed by atoms with Crippen LogP contribution in [0.2, 0.25) is 5.15 Å². The Kier molecular flexibility index (Phi) is 4.04. The van der Waals surface area contributed by atoms with Gasteiger partial charge in [0.25, 0.3) is 0 Å². The van der Waals surface area contributed by atoms with Crippen LogP contribution in [-0.2, 0) is 4.74 Å². The molecule has 5 nitrogen and oxygen atoms in total. The molecule has 1 aliphatic heterocycles. The normalized spacial score (nSPS) is 18.7.